The minimum absolute atomic E-state index is 0.312. The van der Waals surface area contributed by atoms with Crippen molar-refractivity contribution in [2.24, 2.45) is 0 Å². The van der Waals surface area contributed by atoms with Gasteiger partial charge in [0.25, 0.3) is 0 Å². The first-order chi connectivity index (χ1) is 8.31. The average Bonchev–Trinajstić information content (AvgIpc) is 2.77. The number of hydrogen-bond acceptors (Lipinski definition) is 3. The Bertz CT molecular complexity index is 354. The van der Waals surface area contributed by atoms with Crippen molar-refractivity contribution in [1.82, 2.24) is 9.88 Å². The normalized spacial score (nSPS) is 20.9. The van der Waals surface area contributed by atoms with Gasteiger partial charge in [-0.3, -0.25) is 9.88 Å². The van der Waals surface area contributed by atoms with Gasteiger partial charge in [-0.25, -0.2) is 0 Å². The Hall–Kier alpha value is -0.930. The zero-order valence-electron chi connectivity index (χ0n) is 10.6. The highest BCUT2D eigenvalue weighted by Gasteiger charge is 2.24. The van der Waals surface area contributed by atoms with Gasteiger partial charge < -0.3 is 5.11 Å². The first kappa shape index (κ1) is 12.5. The molecular formula is C14H22N2O. The second-order valence-corrected chi connectivity index (χ2v) is 4.90. The molecule has 1 aliphatic heterocycles. The number of aliphatic hydroxyl groups excluding tert-OH is 1. The highest BCUT2D eigenvalue weighted by molar-refractivity contribution is 5.17. The third-order valence-electron chi connectivity index (χ3n) is 3.67. The molecule has 0 aliphatic carbocycles. The van der Waals surface area contributed by atoms with Gasteiger partial charge in [-0.05, 0) is 50.8 Å². The van der Waals surface area contributed by atoms with Gasteiger partial charge in [0.15, 0.2) is 0 Å². The highest BCUT2D eigenvalue weighted by Crippen LogP contribution is 2.23. The number of aryl methyl sites for hydroxylation is 1. The number of nitrogens with zero attached hydrogens (tertiary/aromatic N) is 2. The molecule has 1 atom stereocenters. The summed E-state index contributed by atoms with van der Waals surface area (Å²) in [6, 6.07) is 4.76. The van der Waals surface area contributed by atoms with Crippen molar-refractivity contribution in [1.29, 1.82) is 0 Å². The summed E-state index contributed by atoms with van der Waals surface area (Å²) in [7, 11) is 0. The van der Waals surface area contributed by atoms with Crippen molar-refractivity contribution < 1.29 is 5.11 Å². The lowest BCUT2D eigenvalue weighted by atomic mass is 10.1. The van der Waals surface area contributed by atoms with E-state index in [4.69, 9.17) is 5.11 Å². The molecule has 0 bridgehead atoms. The first-order valence-electron chi connectivity index (χ1n) is 6.56. The molecule has 3 nitrogen and oxygen atoms in total. The van der Waals surface area contributed by atoms with E-state index in [-0.39, 0.29) is 0 Å². The van der Waals surface area contributed by atoms with Gasteiger partial charge in [-0.2, -0.15) is 0 Å². The predicted molar refractivity (Wildman–Crippen MR) is 68.7 cm³/mol. The molecule has 1 saturated heterocycles. The number of pyridine rings is 1. The molecule has 94 valence electrons. The van der Waals surface area contributed by atoms with Gasteiger partial charge in [0.2, 0.25) is 0 Å². The van der Waals surface area contributed by atoms with Crippen molar-refractivity contribution in [2.75, 3.05) is 13.2 Å². The number of rotatable bonds is 5. The predicted octanol–water partition coefficient (Wildman–Crippen LogP) is 2.13. The van der Waals surface area contributed by atoms with Gasteiger partial charge in [0.05, 0.1) is 5.69 Å². The molecule has 17 heavy (non-hydrogen) atoms. The van der Waals surface area contributed by atoms with Crippen molar-refractivity contribution in [2.45, 2.75) is 45.2 Å². The summed E-state index contributed by atoms with van der Waals surface area (Å²) in [5.74, 6) is 0. The quantitative estimate of drug-likeness (QED) is 0.848. The standard InChI is InChI=1S/C14H22N2O/c1-12-5-2-8-15-14(12)11-16-9-3-6-13(16)7-4-10-17/h2,5,8,13,17H,3-4,6-7,9-11H2,1H3. The molecule has 0 aromatic carbocycles. The first-order valence-corrected chi connectivity index (χ1v) is 6.56. The molecule has 2 rings (SSSR count). The minimum atomic E-state index is 0.312. The number of aliphatic hydroxyl groups is 1. The molecule has 1 unspecified atom stereocenters. The van der Waals surface area contributed by atoms with Crippen LogP contribution in [0.5, 0.6) is 0 Å². The van der Waals surface area contributed by atoms with Crippen LogP contribution in [-0.4, -0.2) is 34.2 Å². The van der Waals surface area contributed by atoms with Crippen LogP contribution >= 0.6 is 0 Å². The van der Waals surface area contributed by atoms with Crippen molar-refractivity contribution in [3.05, 3.63) is 29.6 Å². The SMILES string of the molecule is Cc1cccnc1CN1CCCC1CCCO. The number of aromatic nitrogens is 1. The lowest BCUT2D eigenvalue weighted by molar-refractivity contribution is 0.208. The average molecular weight is 234 g/mol. The maximum absolute atomic E-state index is 8.92. The van der Waals surface area contributed by atoms with Gasteiger partial charge in [0.1, 0.15) is 0 Å². The highest BCUT2D eigenvalue weighted by atomic mass is 16.2. The molecule has 0 saturated carbocycles. The van der Waals surface area contributed by atoms with Crippen LogP contribution in [0.25, 0.3) is 0 Å². The van der Waals surface area contributed by atoms with E-state index < -0.39 is 0 Å². The van der Waals surface area contributed by atoms with Crippen LogP contribution in [0.1, 0.15) is 36.9 Å². The summed E-state index contributed by atoms with van der Waals surface area (Å²) >= 11 is 0. The van der Waals surface area contributed by atoms with Crippen LogP contribution in [-0.2, 0) is 6.54 Å². The fourth-order valence-corrected chi connectivity index (χ4v) is 2.63. The molecule has 1 fully saturated rings. The van der Waals surface area contributed by atoms with Gasteiger partial charge >= 0.3 is 0 Å². The smallest absolute Gasteiger partial charge is 0.0573 e. The summed E-state index contributed by atoms with van der Waals surface area (Å²) in [6.07, 6.45) is 6.46. The zero-order chi connectivity index (χ0) is 12.1. The van der Waals surface area contributed by atoms with E-state index in [1.807, 2.05) is 12.3 Å². The molecule has 0 spiro atoms. The van der Waals surface area contributed by atoms with E-state index >= 15 is 0 Å². The molecule has 2 heterocycles. The lowest BCUT2D eigenvalue weighted by Gasteiger charge is -2.24. The molecule has 1 aromatic rings. The van der Waals surface area contributed by atoms with E-state index in [1.165, 1.54) is 30.6 Å². The van der Waals surface area contributed by atoms with Crippen LogP contribution in [0.2, 0.25) is 0 Å². The van der Waals surface area contributed by atoms with Gasteiger partial charge in [-0.1, -0.05) is 6.07 Å². The van der Waals surface area contributed by atoms with E-state index in [9.17, 15) is 0 Å². The fourth-order valence-electron chi connectivity index (χ4n) is 2.63. The second-order valence-electron chi connectivity index (χ2n) is 4.90. The topological polar surface area (TPSA) is 36.4 Å². The van der Waals surface area contributed by atoms with Crippen LogP contribution in [0.3, 0.4) is 0 Å². The molecule has 1 N–H and O–H groups in total. The Morgan fingerprint density at radius 1 is 1.53 bits per heavy atom. The monoisotopic (exact) mass is 234 g/mol. The third-order valence-corrected chi connectivity index (χ3v) is 3.67. The molecule has 0 amide bonds. The van der Waals surface area contributed by atoms with E-state index in [2.05, 4.69) is 22.9 Å². The molecular weight excluding hydrogens is 212 g/mol. The van der Waals surface area contributed by atoms with Crippen molar-refractivity contribution in [3.8, 4) is 0 Å². The Balaban J connectivity index is 1.95. The minimum Gasteiger partial charge on any atom is -0.396 e. The summed E-state index contributed by atoms with van der Waals surface area (Å²) < 4.78 is 0. The second kappa shape index (κ2) is 6.12. The van der Waals surface area contributed by atoms with Crippen LogP contribution in [0.4, 0.5) is 0 Å². The largest absolute Gasteiger partial charge is 0.396 e. The third kappa shape index (κ3) is 3.27. The summed E-state index contributed by atoms with van der Waals surface area (Å²) in [5, 5.41) is 8.92. The Morgan fingerprint density at radius 2 is 2.41 bits per heavy atom. The molecule has 0 radical (unpaired) electrons. The molecule has 3 heteroatoms. The fraction of sp³-hybridized carbons (Fsp3) is 0.643. The number of hydrogen-bond donors (Lipinski definition) is 1. The lowest BCUT2D eigenvalue weighted by Crippen LogP contribution is -2.29. The van der Waals surface area contributed by atoms with E-state index in [0.29, 0.717) is 12.6 Å². The van der Waals surface area contributed by atoms with Gasteiger partial charge in [0, 0.05) is 25.4 Å². The van der Waals surface area contributed by atoms with Crippen molar-refractivity contribution in [3.63, 3.8) is 0 Å². The van der Waals surface area contributed by atoms with E-state index in [1.54, 1.807) is 0 Å². The summed E-state index contributed by atoms with van der Waals surface area (Å²) in [4.78, 5) is 6.98. The van der Waals surface area contributed by atoms with Crippen LogP contribution < -0.4 is 0 Å². The Kier molecular flexibility index (Phi) is 4.51. The van der Waals surface area contributed by atoms with Crippen LogP contribution in [0, 0.1) is 6.92 Å². The molecule has 1 aromatic heterocycles. The Labute approximate surface area is 103 Å². The summed E-state index contributed by atoms with van der Waals surface area (Å²) in [6.45, 7) is 4.57. The summed E-state index contributed by atoms with van der Waals surface area (Å²) in [5.41, 5.74) is 2.48. The Morgan fingerprint density at radius 3 is 3.18 bits per heavy atom. The van der Waals surface area contributed by atoms with Crippen LogP contribution in [0.15, 0.2) is 18.3 Å². The van der Waals surface area contributed by atoms with Gasteiger partial charge in [-0.15, -0.1) is 0 Å². The zero-order valence-corrected chi connectivity index (χ0v) is 10.6. The maximum atomic E-state index is 8.92. The number of likely N-dealkylation sites (tertiary alicyclic amines) is 1. The van der Waals surface area contributed by atoms with E-state index in [0.717, 1.165) is 19.4 Å². The molecule has 1 aliphatic rings. The maximum Gasteiger partial charge on any atom is 0.0573 e. The van der Waals surface area contributed by atoms with Crippen molar-refractivity contribution >= 4 is 0 Å².